The van der Waals surface area contributed by atoms with Crippen LogP contribution in [0.3, 0.4) is 0 Å². The Labute approximate surface area is 111 Å². The van der Waals surface area contributed by atoms with Gasteiger partial charge in [0.1, 0.15) is 5.75 Å². The molecule has 0 aromatic heterocycles. The summed E-state index contributed by atoms with van der Waals surface area (Å²) >= 11 is 1.74. The van der Waals surface area contributed by atoms with Crippen molar-refractivity contribution in [3.8, 4) is 5.75 Å². The maximum Gasteiger partial charge on any atom is 0.335 e. The van der Waals surface area contributed by atoms with Gasteiger partial charge in [0.05, 0.1) is 12.7 Å². The molecule has 0 aliphatic carbocycles. The van der Waals surface area contributed by atoms with Gasteiger partial charge in [0, 0.05) is 25.0 Å². The maximum absolute atomic E-state index is 10.9. The number of carboxylic acids is 1. The molecule has 0 bridgehead atoms. The van der Waals surface area contributed by atoms with Crippen LogP contribution >= 0.6 is 11.8 Å². The molecule has 0 heterocycles. The van der Waals surface area contributed by atoms with E-state index in [1.807, 2.05) is 0 Å². The second kappa shape index (κ2) is 8.00. The van der Waals surface area contributed by atoms with E-state index in [-0.39, 0.29) is 0 Å². The van der Waals surface area contributed by atoms with Gasteiger partial charge in [0.2, 0.25) is 0 Å². The summed E-state index contributed by atoms with van der Waals surface area (Å²) in [6.45, 7) is 0.749. The van der Waals surface area contributed by atoms with Crippen LogP contribution in [0.5, 0.6) is 5.75 Å². The van der Waals surface area contributed by atoms with Gasteiger partial charge in [-0.25, -0.2) is 4.79 Å². The van der Waals surface area contributed by atoms with E-state index in [0.717, 1.165) is 35.8 Å². The van der Waals surface area contributed by atoms with Gasteiger partial charge in [0.15, 0.2) is 0 Å². The fraction of sp³-hybridized carbons (Fsp3) is 0.462. The summed E-state index contributed by atoms with van der Waals surface area (Å²) in [5.74, 6) is 1.55. The van der Waals surface area contributed by atoms with Crippen LogP contribution in [0.1, 0.15) is 22.3 Å². The lowest BCUT2D eigenvalue weighted by atomic mass is 10.1. The molecule has 0 atom stereocenters. The Morgan fingerprint density at radius 1 is 1.39 bits per heavy atom. The van der Waals surface area contributed by atoms with E-state index in [2.05, 4.69) is 0 Å². The second-order valence-corrected chi connectivity index (χ2v) is 4.84. The topological polar surface area (TPSA) is 55.8 Å². The molecular weight excluding hydrogens is 252 g/mol. The highest BCUT2D eigenvalue weighted by molar-refractivity contribution is 7.98. The molecule has 0 fully saturated rings. The van der Waals surface area contributed by atoms with Crippen molar-refractivity contribution in [2.24, 2.45) is 0 Å². The molecule has 0 saturated heterocycles. The van der Waals surface area contributed by atoms with E-state index in [0.29, 0.717) is 5.56 Å². The van der Waals surface area contributed by atoms with E-state index in [1.165, 1.54) is 0 Å². The van der Waals surface area contributed by atoms with Gasteiger partial charge in [-0.3, -0.25) is 0 Å². The van der Waals surface area contributed by atoms with Crippen LogP contribution < -0.4 is 4.74 Å². The monoisotopic (exact) mass is 270 g/mol. The molecule has 5 heteroatoms. The minimum Gasteiger partial charge on any atom is -0.496 e. The van der Waals surface area contributed by atoms with Gasteiger partial charge in [0.25, 0.3) is 0 Å². The van der Waals surface area contributed by atoms with Crippen LogP contribution in [0, 0.1) is 0 Å². The fourth-order valence-corrected chi connectivity index (χ4v) is 2.42. The predicted octanol–water partition coefficient (Wildman–Crippen LogP) is 2.66. The van der Waals surface area contributed by atoms with E-state index in [4.69, 9.17) is 14.6 Å². The fourth-order valence-electron chi connectivity index (χ4n) is 1.51. The van der Waals surface area contributed by atoms with Crippen LogP contribution in [-0.2, 0) is 10.5 Å². The number of aromatic carboxylic acids is 1. The number of carbonyl (C=O) groups is 1. The summed E-state index contributed by atoms with van der Waals surface area (Å²) in [4.78, 5) is 10.9. The Hall–Kier alpha value is -1.20. The van der Waals surface area contributed by atoms with Crippen molar-refractivity contribution in [3.05, 3.63) is 29.3 Å². The van der Waals surface area contributed by atoms with Crippen molar-refractivity contribution in [2.75, 3.05) is 26.6 Å². The number of ether oxygens (including phenoxy) is 2. The lowest BCUT2D eigenvalue weighted by Crippen LogP contribution is -1.99. The van der Waals surface area contributed by atoms with Crippen molar-refractivity contribution in [1.82, 2.24) is 0 Å². The average Bonchev–Trinajstić information content (AvgIpc) is 2.38. The van der Waals surface area contributed by atoms with Crippen molar-refractivity contribution in [3.63, 3.8) is 0 Å². The lowest BCUT2D eigenvalue weighted by Gasteiger charge is -2.09. The third kappa shape index (κ3) is 4.58. The highest BCUT2D eigenvalue weighted by Gasteiger charge is 2.08. The van der Waals surface area contributed by atoms with Crippen LogP contribution in [-0.4, -0.2) is 37.7 Å². The molecular formula is C13H18O4S. The van der Waals surface area contributed by atoms with Crippen molar-refractivity contribution >= 4 is 17.7 Å². The molecule has 0 radical (unpaired) electrons. The Morgan fingerprint density at radius 3 is 2.78 bits per heavy atom. The van der Waals surface area contributed by atoms with Crippen LogP contribution in [0.4, 0.5) is 0 Å². The second-order valence-electron chi connectivity index (χ2n) is 3.73. The summed E-state index contributed by atoms with van der Waals surface area (Å²) < 4.78 is 10.2. The Morgan fingerprint density at radius 2 is 2.17 bits per heavy atom. The molecule has 4 nitrogen and oxygen atoms in total. The van der Waals surface area contributed by atoms with Gasteiger partial charge in [-0.2, -0.15) is 11.8 Å². The quantitative estimate of drug-likeness (QED) is 0.736. The van der Waals surface area contributed by atoms with Crippen LogP contribution in [0.25, 0.3) is 0 Å². The highest BCUT2D eigenvalue weighted by atomic mass is 32.2. The lowest BCUT2D eigenvalue weighted by molar-refractivity contribution is 0.0696. The molecule has 1 aromatic carbocycles. The first-order valence-corrected chi connectivity index (χ1v) is 6.81. The molecule has 1 N–H and O–H groups in total. The Kier molecular flexibility index (Phi) is 6.60. The number of thioether (sulfide) groups is 1. The number of hydrogen-bond donors (Lipinski definition) is 1. The Bertz CT molecular complexity index is 393. The molecule has 1 aromatic rings. The molecule has 0 saturated carbocycles. The number of rotatable bonds is 8. The highest BCUT2D eigenvalue weighted by Crippen LogP contribution is 2.24. The van der Waals surface area contributed by atoms with E-state index in [1.54, 1.807) is 44.2 Å². The number of hydrogen-bond acceptors (Lipinski definition) is 4. The number of benzene rings is 1. The van der Waals surface area contributed by atoms with Crippen molar-refractivity contribution in [1.29, 1.82) is 0 Å². The molecule has 0 aliphatic rings. The van der Waals surface area contributed by atoms with Gasteiger partial charge in [-0.1, -0.05) is 0 Å². The van der Waals surface area contributed by atoms with Gasteiger partial charge in [-0.05, 0) is 30.4 Å². The van der Waals surface area contributed by atoms with Crippen molar-refractivity contribution < 1.29 is 19.4 Å². The molecule has 0 aliphatic heterocycles. The van der Waals surface area contributed by atoms with E-state index < -0.39 is 5.97 Å². The third-order valence-electron chi connectivity index (χ3n) is 2.42. The van der Waals surface area contributed by atoms with Crippen LogP contribution in [0.15, 0.2) is 18.2 Å². The average molecular weight is 270 g/mol. The summed E-state index contributed by atoms with van der Waals surface area (Å²) in [6, 6.07) is 4.93. The number of methoxy groups -OCH3 is 2. The minimum absolute atomic E-state index is 0.295. The Balaban J connectivity index is 2.61. The van der Waals surface area contributed by atoms with Gasteiger partial charge < -0.3 is 14.6 Å². The SMILES string of the molecule is COCCCSCc1cc(C(=O)O)ccc1OC. The summed E-state index contributed by atoms with van der Waals surface area (Å²) in [6.07, 6.45) is 0.988. The van der Waals surface area contributed by atoms with Gasteiger partial charge >= 0.3 is 5.97 Å². The first-order chi connectivity index (χ1) is 8.69. The predicted molar refractivity (Wildman–Crippen MR) is 72.6 cm³/mol. The molecule has 100 valence electrons. The smallest absolute Gasteiger partial charge is 0.335 e. The normalized spacial score (nSPS) is 10.3. The number of carboxylic acid groups (broad SMARTS) is 1. The first-order valence-electron chi connectivity index (χ1n) is 5.66. The zero-order valence-electron chi connectivity index (χ0n) is 10.6. The van der Waals surface area contributed by atoms with Crippen LogP contribution in [0.2, 0.25) is 0 Å². The van der Waals surface area contributed by atoms with E-state index in [9.17, 15) is 4.79 Å². The molecule has 1 rings (SSSR count). The summed E-state index contributed by atoms with van der Waals surface area (Å²) in [5, 5.41) is 8.95. The standard InChI is InChI=1S/C13H18O4S/c1-16-6-3-7-18-9-11-8-10(13(14)15)4-5-12(11)17-2/h4-5,8H,3,6-7,9H2,1-2H3,(H,14,15). The van der Waals surface area contributed by atoms with Gasteiger partial charge in [-0.15, -0.1) is 0 Å². The third-order valence-corrected chi connectivity index (χ3v) is 3.51. The maximum atomic E-state index is 10.9. The van der Waals surface area contributed by atoms with Crippen molar-refractivity contribution in [2.45, 2.75) is 12.2 Å². The minimum atomic E-state index is -0.914. The zero-order chi connectivity index (χ0) is 13.4. The molecule has 0 amide bonds. The molecule has 0 spiro atoms. The summed E-state index contributed by atoms with van der Waals surface area (Å²) in [7, 11) is 3.28. The zero-order valence-corrected chi connectivity index (χ0v) is 11.5. The molecule has 18 heavy (non-hydrogen) atoms. The first kappa shape index (κ1) is 14.9. The largest absolute Gasteiger partial charge is 0.496 e. The summed E-state index contributed by atoms with van der Waals surface area (Å²) in [5.41, 5.74) is 1.21. The molecule has 0 unspecified atom stereocenters. The van der Waals surface area contributed by atoms with E-state index >= 15 is 0 Å².